The Balaban J connectivity index is 1.92. The van der Waals surface area contributed by atoms with Crippen molar-refractivity contribution in [2.75, 3.05) is 18.5 Å². The van der Waals surface area contributed by atoms with Gasteiger partial charge in [0.25, 0.3) is 11.8 Å². The molecule has 8 heteroatoms. The van der Waals surface area contributed by atoms with Gasteiger partial charge in [-0.2, -0.15) is 0 Å². The van der Waals surface area contributed by atoms with E-state index in [2.05, 4.69) is 10.6 Å². The van der Waals surface area contributed by atoms with Gasteiger partial charge in [-0.1, -0.05) is 32.0 Å². The summed E-state index contributed by atoms with van der Waals surface area (Å²) in [4.78, 5) is 48.7. The van der Waals surface area contributed by atoms with Crippen LogP contribution in [0.1, 0.15) is 44.7 Å². The first kappa shape index (κ1) is 20.4. The largest absolute Gasteiger partial charge is 0.454 e. The molecule has 1 aliphatic rings. The summed E-state index contributed by atoms with van der Waals surface area (Å²) in [6.07, 6.45) is 0. The molecule has 1 fully saturated rings. The SMILES string of the molecule is Cc1cccc(C(C)C)c1NC(=O)COC(=O)CN1C(=O)NC(C)(C)C1=O. The Labute approximate surface area is 158 Å². The topological polar surface area (TPSA) is 105 Å². The molecule has 8 nitrogen and oxygen atoms in total. The quantitative estimate of drug-likeness (QED) is 0.584. The second kappa shape index (κ2) is 7.77. The number of ether oxygens (including phenoxy) is 1. The van der Waals surface area contributed by atoms with Crippen molar-refractivity contribution in [3.8, 4) is 0 Å². The molecule has 1 aromatic carbocycles. The van der Waals surface area contributed by atoms with E-state index in [0.29, 0.717) is 5.69 Å². The molecule has 0 atom stereocenters. The minimum Gasteiger partial charge on any atom is -0.454 e. The first-order chi connectivity index (χ1) is 12.5. The van der Waals surface area contributed by atoms with Gasteiger partial charge in [-0.25, -0.2) is 4.79 Å². The van der Waals surface area contributed by atoms with Crippen molar-refractivity contribution < 1.29 is 23.9 Å². The number of hydrogen-bond donors (Lipinski definition) is 2. The van der Waals surface area contributed by atoms with Gasteiger partial charge in [-0.3, -0.25) is 19.3 Å². The normalized spacial score (nSPS) is 15.7. The Morgan fingerprint density at radius 1 is 1.26 bits per heavy atom. The lowest BCUT2D eigenvalue weighted by Gasteiger charge is -2.17. The van der Waals surface area contributed by atoms with Crippen LogP contribution in [0.4, 0.5) is 10.5 Å². The summed E-state index contributed by atoms with van der Waals surface area (Å²) < 4.78 is 4.92. The lowest BCUT2D eigenvalue weighted by atomic mass is 9.98. The van der Waals surface area contributed by atoms with Gasteiger partial charge in [0, 0.05) is 5.69 Å². The summed E-state index contributed by atoms with van der Waals surface area (Å²) in [5.41, 5.74) is 1.52. The maximum Gasteiger partial charge on any atom is 0.326 e. The maximum atomic E-state index is 12.2. The molecular formula is C19H25N3O5. The summed E-state index contributed by atoms with van der Waals surface area (Å²) in [6, 6.07) is 5.07. The first-order valence-corrected chi connectivity index (χ1v) is 8.72. The number of nitrogens with zero attached hydrogens (tertiary/aromatic N) is 1. The Kier molecular flexibility index (Phi) is 5.88. The van der Waals surface area contributed by atoms with Crippen LogP contribution >= 0.6 is 0 Å². The van der Waals surface area contributed by atoms with Crippen molar-refractivity contribution in [1.29, 1.82) is 0 Å². The van der Waals surface area contributed by atoms with Crippen molar-refractivity contribution in [2.45, 2.75) is 46.1 Å². The van der Waals surface area contributed by atoms with Gasteiger partial charge in [0.05, 0.1) is 0 Å². The van der Waals surface area contributed by atoms with E-state index in [9.17, 15) is 19.2 Å². The van der Waals surface area contributed by atoms with E-state index in [1.165, 1.54) is 0 Å². The van der Waals surface area contributed by atoms with Crippen LogP contribution in [0.25, 0.3) is 0 Å². The molecule has 1 heterocycles. The third kappa shape index (κ3) is 4.64. The molecule has 4 amide bonds. The second-order valence-electron chi connectivity index (χ2n) is 7.35. The lowest BCUT2D eigenvalue weighted by molar-refractivity contribution is -0.150. The number of nitrogens with one attached hydrogen (secondary N) is 2. The van der Waals surface area contributed by atoms with Gasteiger partial charge in [0.2, 0.25) is 0 Å². The predicted molar refractivity (Wildman–Crippen MR) is 99.2 cm³/mol. The van der Waals surface area contributed by atoms with E-state index in [0.717, 1.165) is 16.0 Å². The average Bonchev–Trinajstić information content (AvgIpc) is 2.76. The van der Waals surface area contributed by atoms with Crippen LogP contribution in [0.3, 0.4) is 0 Å². The van der Waals surface area contributed by atoms with Gasteiger partial charge >= 0.3 is 12.0 Å². The molecular weight excluding hydrogens is 350 g/mol. The van der Waals surface area contributed by atoms with E-state index in [4.69, 9.17) is 4.74 Å². The lowest BCUT2D eigenvalue weighted by Crippen LogP contribution is -2.41. The fourth-order valence-corrected chi connectivity index (χ4v) is 2.80. The first-order valence-electron chi connectivity index (χ1n) is 8.72. The summed E-state index contributed by atoms with van der Waals surface area (Å²) in [7, 11) is 0. The summed E-state index contributed by atoms with van der Waals surface area (Å²) in [6.45, 7) is 7.96. The number of para-hydroxylation sites is 1. The highest BCUT2D eigenvalue weighted by Gasteiger charge is 2.45. The average molecular weight is 375 g/mol. The number of hydrogen-bond acceptors (Lipinski definition) is 5. The molecule has 0 aromatic heterocycles. The van der Waals surface area contributed by atoms with Crippen molar-refractivity contribution in [3.05, 3.63) is 29.3 Å². The van der Waals surface area contributed by atoms with Gasteiger partial charge < -0.3 is 15.4 Å². The second-order valence-corrected chi connectivity index (χ2v) is 7.35. The smallest absolute Gasteiger partial charge is 0.326 e. The van der Waals surface area contributed by atoms with E-state index < -0.39 is 42.5 Å². The standard InChI is InChI=1S/C19H25N3O5/c1-11(2)13-8-6-7-12(3)16(13)20-14(23)10-27-15(24)9-22-17(25)19(4,5)21-18(22)26/h6-8,11H,9-10H2,1-5H3,(H,20,23)(H,21,26). The predicted octanol–water partition coefficient (Wildman–Crippen LogP) is 1.93. The van der Waals surface area contributed by atoms with Crippen LogP contribution in [0, 0.1) is 6.92 Å². The Hall–Kier alpha value is -2.90. The van der Waals surface area contributed by atoms with E-state index >= 15 is 0 Å². The third-order valence-electron chi connectivity index (χ3n) is 4.29. The van der Waals surface area contributed by atoms with Gasteiger partial charge in [0.15, 0.2) is 6.61 Å². The molecule has 146 valence electrons. The number of carbonyl (C=O) groups excluding carboxylic acids is 4. The molecule has 0 aliphatic carbocycles. The molecule has 1 aliphatic heterocycles. The number of urea groups is 1. The van der Waals surface area contributed by atoms with Gasteiger partial charge in [0.1, 0.15) is 12.1 Å². The number of rotatable bonds is 6. The zero-order valence-corrected chi connectivity index (χ0v) is 16.2. The van der Waals surface area contributed by atoms with E-state index in [-0.39, 0.29) is 5.92 Å². The van der Waals surface area contributed by atoms with Crippen LogP contribution in [-0.4, -0.2) is 47.4 Å². The Morgan fingerprint density at radius 2 is 1.93 bits per heavy atom. The van der Waals surface area contributed by atoms with Crippen LogP contribution < -0.4 is 10.6 Å². The molecule has 0 radical (unpaired) electrons. The van der Waals surface area contributed by atoms with Crippen LogP contribution in [-0.2, 0) is 19.1 Å². The molecule has 0 bridgehead atoms. The number of anilines is 1. The van der Waals surface area contributed by atoms with Crippen molar-refractivity contribution in [3.63, 3.8) is 0 Å². The molecule has 1 aromatic rings. The highest BCUT2D eigenvalue weighted by molar-refractivity contribution is 6.08. The Morgan fingerprint density at radius 3 is 2.48 bits per heavy atom. The van der Waals surface area contributed by atoms with Crippen molar-refractivity contribution in [2.24, 2.45) is 0 Å². The van der Waals surface area contributed by atoms with Gasteiger partial charge in [-0.15, -0.1) is 0 Å². The van der Waals surface area contributed by atoms with E-state index in [1.807, 2.05) is 39.0 Å². The third-order valence-corrected chi connectivity index (χ3v) is 4.29. The highest BCUT2D eigenvalue weighted by Crippen LogP contribution is 2.27. The summed E-state index contributed by atoms with van der Waals surface area (Å²) in [5.74, 6) is -1.63. The van der Waals surface area contributed by atoms with Crippen LogP contribution in [0.15, 0.2) is 18.2 Å². The van der Waals surface area contributed by atoms with Crippen LogP contribution in [0.2, 0.25) is 0 Å². The maximum absolute atomic E-state index is 12.2. The number of imide groups is 1. The number of amides is 4. The fourth-order valence-electron chi connectivity index (χ4n) is 2.80. The molecule has 0 spiro atoms. The summed E-state index contributed by atoms with van der Waals surface area (Å²) >= 11 is 0. The minimum absolute atomic E-state index is 0.214. The summed E-state index contributed by atoms with van der Waals surface area (Å²) in [5, 5.41) is 5.23. The zero-order chi connectivity index (χ0) is 20.4. The molecule has 2 N–H and O–H groups in total. The fraction of sp³-hybridized carbons (Fsp3) is 0.474. The molecule has 27 heavy (non-hydrogen) atoms. The molecule has 1 saturated heterocycles. The number of esters is 1. The van der Waals surface area contributed by atoms with E-state index in [1.54, 1.807) is 13.8 Å². The molecule has 0 unspecified atom stereocenters. The number of carbonyl (C=O) groups is 4. The minimum atomic E-state index is -1.06. The number of aryl methyl sites for hydroxylation is 1. The number of benzene rings is 1. The van der Waals surface area contributed by atoms with Gasteiger partial charge in [-0.05, 0) is 37.8 Å². The van der Waals surface area contributed by atoms with Crippen molar-refractivity contribution >= 4 is 29.5 Å². The zero-order valence-electron chi connectivity index (χ0n) is 16.2. The monoisotopic (exact) mass is 375 g/mol. The Bertz CT molecular complexity index is 786. The van der Waals surface area contributed by atoms with Crippen LogP contribution in [0.5, 0.6) is 0 Å². The molecule has 2 rings (SSSR count). The van der Waals surface area contributed by atoms with Crippen molar-refractivity contribution in [1.82, 2.24) is 10.2 Å². The highest BCUT2D eigenvalue weighted by atomic mass is 16.5. The molecule has 0 saturated carbocycles.